The van der Waals surface area contributed by atoms with Gasteiger partial charge in [0.1, 0.15) is 0 Å². The molecule has 2 aromatic carbocycles. The number of aryl methyl sites for hydroxylation is 1. The molecular formula is C22H19N5O. The highest BCUT2D eigenvalue weighted by atomic mass is 16.1. The van der Waals surface area contributed by atoms with Crippen molar-refractivity contribution in [1.29, 1.82) is 0 Å². The van der Waals surface area contributed by atoms with E-state index in [0.717, 1.165) is 22.4 Å². The van der Waals surface area contributed by atoms with Crippen molar-refractivity contribution in [2.75, 3.05) is 5.43 Å². The van der Waals surface area contributed by atoms with Gasteiger partial charge >= 0.3 is 0 Å². The number of rotatable bonds is 4. The quantitative estimate of drug-likeness (QED) is 0.438. The first-order chi connectivity index (χ1) is 13.6. The van der Waals surface area contributed by atoms with Crippen LogP contribution in [-0.2, 0) is 0 Å². The number of fused-ring (bicyclic) bond motifs is 1. The molecule has 0 spiro atoms. The van der Waals surface area contributed by atoms with Gasteiger partial charge in [-0.1, -0.05) is 30.3 Å². The van der Waals surface area contributed by atoms with E-state index >= 15 is 0 Å². The molecule has 2 heterocycles. The number of anilines is 1. The van der Waals surface area contributed by atoms with E-state index in [0.29, 0.717) is 16.9 Å². The van der Waals surface area contributed by atoms with Crippen LogP contribution in [0.25, 0.3) is 16.6 Å². The second kappa shape index (κ2) is 7.44. The Hall–Kier alpha value is -3.80. The molecule has 4 rings (SSSR count). The Morgan fingerprint density at radius 1 is 1.04 bits per heavy atom. The van der Waals surface area contributed by atoms with Gasteiger partial charge in [-0.25, -0.2) is 15.0 Å². The van der Waals surface area contributed by atoms with E-state index in [2.05, 4.69) is 20.5 Å². The fraction of sp³-hybridized carbons (Fsp3) is 0.0909. The summed E-state index contributed by atoms with van der Waals surface area (Å²) >= 11 is 0. The van der Waals surface area contributed by atoms with Crippen LogP contribution in [0, 0.1) is 13.8 Å². The zero-order valence-electron chi connectivity index (χ0n) is 15.6. The maximum Gasteiger partial charge on any atom is 0.267 e. The van der Waals surface area contributed by atoms with Crippen molar-refractivity contribution in [3.8, 4) is 5.69 Å². The van der Waals surface area contributed by atoms with E-state index in [-0.39, 0.29) is 5.56 Å². The molecule has 6 heteroatoms. The van der Waals surface area contributed by atoms with Crippen molar-refractivity contribution >= 4 is 23.1 Å². The number of hydrazone groups is 1. The lowest BCUT2D eigenvalue weighted by molar-refractivity contribution is 0.944. The third-order valence-electron chi connectivity index (χ3n) is 4.66. The first-order valence-electron chi connectivity index (χ1n) is 8.92. The molecule has 0 radical (unpaired) electrons. The largest absolute Gasteiger partial charge is 0.268 e. The van der Waals surface area contributed by atoms with Crippen LogP contribution in [0.15, 0.2) is 76.9 Å². The fourth-order valence-corrected chi connectivity index (χ4v) is 3.03. The lowest BCUT2D eigenvalue weighted by Crippen LogP contribution is -2.23. The Bertz CT molecular complexity index is 1230. The molecule has 1 N–H and O–H groups in total. The second-order valence-corrected chi connectivity index (χ2v) is 6.47. The number of hydrogen-bond donors (Lipinski definition) is 1. The van der Waals surface area contributed by atoms with Gasteiger partial charge in [-0.2, -0.15) is 5.10 Å². The molecule has 2 aromatic heterocycles. The zero-order chi connectivity index (χ0) is 19.5. The molecule has 0 amide bonds. The third kappa shape index (κ3) is 3.27. The van der Waals surface area contributed by atoms with Gasteiger partial charge in [-0.05, 0) is 49.2 Å². The lowest BCUT2D eigenvalue weighted by atomic mass is 10.1. The average Bonchev–Trinajstić information content (AvgIpc) is 2.72. The normalized spacial score (nSPS) is 11.2. The Balaban J connectivity index is 1.88. The van der Waals surface area contributed by atoms with E-state index in [1.54, 1.807) is 29.2 Å². The number of hydrogen-bond acceptors (Lipinski definition) is 5. The summed E-state index contributed by atoms with van der Waals surface area (Å²) < 4.78 is 1.57. The summed E-state index contributed by atoms with van der Waals surface area (Å²) in [6.07, 6.45) is 5.05. The average molecular weight is 369 g/mol. The first-order valence-corrected chi connectivity index (χ1v) is 8.92. The van der Waals surface area contributed by atoms with Crippen molar-refractivity contribution in [1.82, 2.24) is 14.5 Å². The van der Waals surface area contributed by atoms with Gasteiger partial charge in [-0.3, -0.25) is 9.78 Å². The Morgan fingerprint density at radius 3 is 2.71 bits per heavy atom. The predicted octanol–water partition coefficient (Wildman–Crippen LogP) is 3.84. The van der Waals surface area contributed by atoms with Gasteiger partial charge in [-0.15, -0.1) is 0 Å². The van der Waals surface area contributed by atoms with Gasteiger partial charge in [0.25, 0.3) is 5.56 Å². The van der Waals surface area contributed by atoms with Crippen LogP contribution >= 0.6 is 0 Å². The molecule has 0 atom stereocenters. The van der Waals surface area contributed by atoms with Gasteiger partial charge in [0.2, 0.25) is 5.95 Å². The molecule has 0 saturated carbocycles. The summed E-state index contributed by atoms with van der Waals surface area (Å²) in [5.41, 5.74) is 7.15. The molecule has 0 aliphatic carbocycles. The Kier molecular flexibility index (Phi) is 4.68. The smallest absolute Gasteiger partial charge is 0.267 e. The monoisotopic (exact) mass is 369 g/mol. The standard InChI is InChI=1S/C22H19N5O/c1-15-7-5-11-20(16(15)2)27-21(28)18-9-3-4-10-19(18)25-22(27)26-24-14-17-8-6-12-23-13-17/h3-14H,1-2H3,(H,25,26)/b24-14-. The molecule has 28 heavy (non-hydrogen) atoms. The maximum atomic E-state index is 13.3. The third-order valence-corrected chi connectivity index (χ3v) is 4.66. The lowest BCUT2D eigenvalue weighted by Gasteiger charge is -2.15. The van der Waals surface area contributed by atoms with Crippen molar-refractivity contribution in [3.63, 3.8) is 0 Å². The van der Waals surface area contributed by atoms with E-state index in [1.807, 2.05) is 62.4 Å². The highest BCUT2D eigenvalue weighted by Crippen LogP contribution is 2.21. The van der Waals surface area contributed by atoms with Gasteiger partial charge in [0, 0.05) is 18.0 Å². The van der Waals surface area contributed by atoms with Crippen LogP contribution in [0.4, 0.5) is 5.95 Å². The summed E-state index contributed by atoms with van der Waals surface area (Å²) in [4.78, 5) is 22.0. The number of nitrogens with zero attached hydrogens (tertiary/aromatic N) is 4. The van der Waals surface area contributed by atoms with Crippen molar-refractivity contribution in [3.05, 3.63) is 94.0 Å². The van der Waals surface area contributed by atoms with Crippen LogP contribution in [-0.4, -0.2) is 20.7 Å². The highest BCUT2D eigenvalue weighted by molar-refractivity contribution is 5.81. The minimum atomic E-state index is -0.140. The van der Waals surface area contributed by atoms with E-state index in [4.69, 9.17) is 0 Å². The van der Waals surface area contributed by atoms with Gasteiger partial charge < -0.3 is 0 Å². The van der Waals surface area contributed by atoms with Crippen LogP contribution in [0.1, 0.15) is 16.7 Å². The molecule has 0 bridgehead atoms. The summed E-state index contributed by atoms with van der Waals surface area (Å²) in [5, 5.41) is 4.82. The summed E-state index contributed by atoms with van der Waals surface area (Å²) in [6, 6.07) is 16.9. The second-order valence-electron chi connectivity index (χ2n) is 6.47. The zero-order valence-corrected chi connectivity index (χ0v) is 15.6. The van der Waals surface area contributed by atoms with Gasteiger partial charge in [0.05, 0.1) is 22.8 Å². The molecule has 0 saturated heterocycles. The van der Waals surface area contributed by atoms with Crippen LogP contribution < -0.4 is 11.0 Å². The van der Waals surface area contributed by atoms with Crippen molar-refractivity contribution in [2.45, 2.75) is 13.8 Å². The summed E-state index contributed by atoms with van der Waals surface area (Å²) in [7, 11) is 0. The SMILES string of the molecule is Cc1cccc(-n2c(N/N=C\c3cccnc3)nc3ccccc3c2=O)c1C. The molecule has 0 fully saturated rings. The van der Waals surface area contributed by atoms with Crippen LogP contribution in [0.2, 0.25) is 0 Å². The number of benzene rings is 2. The van der Waals surface area contributed by atoms with E-state index in [1.165, 1.54) is 0 Å². The molecule has 4 aromatic rings. The highest BCUT2D eigenvalue weighted by Gasteiger charge is 2.14. The minimum Gasteiger partial charge on any atom is -0.268 e. The van der Waals surface area contributed by atoms with Crippen molar-refractivity contribution in [2.24, 2.45) is 5.10 Å². The molecule has 6 nitrogen and oxygen atoms in total. The van der Waals surface area contributed by atoms with Crippen LogP contribution in [0.5, 0.6) is 0 Å². The molecule has 0 unspecified atom stereocenters. The number of aromatic nitrogens is 3. The van der Waals surface area contributed by atoms with Crippen LogP contribution in [0.3, 0.4) is 0 Å². The Labute approximate surface area is 162 Å². The maximum absolute atomic E-state index is 13.3. The first kappa shape index (κ1) is 17.6. The molecule has 0 aliphatic heterocycles. The molecule has 0 aliphatic rings. The summed E-state index contributed by atoms with van der Waals surface area (Å²) in [5.74, 6) is 0.359. The van der Waals surface area contributed by atoms with Crippen molar-refractivity contribution < 1.29 is 0 Å². The topological polar surface area (TPSA) is 72.2 Å². The minimum absolute atomic E-state index is 0.140. The summed E-state index contributed by atoms with van der Waals surface area (Å²) in [6.45, 7) is 4.01. The van der Waals surface area contributed by atoms with E-state index in [9.17, 15) is 4.79 Å². The Morgan fingerprint density at radius 2 is 1.89 bits per heavy atom. The molecule has 138 valence electrons. The predicted molar refractivity (Wildman–Crippen MR) is 112 cm³/mol. The van der Waals surface area contributed by atoms with Gasteiger partial charge in [0.15, 0.2) is 0 Å². The number of para-hydroxylation sites is 1. The number of pyridine rings is 1. The fourth-order valence-electron chi connectivity index (χ4n) is 3.03. The van der Waals surface area contributed by atoms with E-state index < -0.39 is 0 Å². The number of nitrogens with one attached hydrogen (secondary N) is 1. The molecular weight excluding hydrogens is 350 g/mol.